The van der Waals surface area contributed by atoms with Gasteiger partial charge >= 0.3 is 5.97 Å². The minimum atomic E-state index is -0.608. The Hall–Kier alpha value is -1.76. The first-order valence-electron chi connectivity index (χ1n) is 7.13. The number of carbonyl (C=O) groups excluding carboxylic acids is 2. The monoisotopic (exact) mass is 311 g/mol. The van der Waals surface area contributed by atoms with Crippen LogP contribution in [0.25, 0.3) is 0 Å². The molecular formula is C14H21N3O3S. The third-order valence-corrected chi connectivity index (χ3v) is 4.72. The van der Waals surface area contributed by atoms with Gasteiger partial charge in [0.2, 0.25) is 0 Å². The molecule has 1 amide bonds. The molecular weight excluding hydrogens is 290 g/mol. The van der Waals surface area contributed by atoms with Crippen molar-refractivity contribution < 1.29 is 14.3 Å². The fourth-order valence-electron chi connectivity index (χ4n) is 2.21. The van der Waals surface area contributed by atoms with E-state index in [-0.39, 0.29) is 22.7 Å². The predicted octanol–water partition coefficient (Wildman–Crippen LogP) is 1.84. The van der Waals surface area contributed by atoms with Gasteiger partial charge in [0, 0.05) is 13.1 Å². The van der Waals surface area contributed by atoms with E-state index in [1.807, 2.05) is 6.92 Å². The van der Waals surface area contributed by atoms with Crippen LogP contribution in [0.1, 0.15) is 46.7 Å². The Balaban J connectivity index is 2.39. The van der Waals surface area contributed by atoms with Crippen molar-refractivity contribution in [3.8, 4) is 0 Å². The summed E-state index contributed by atoms with van der Waals surface area (Å²) in [7, 11) is 0. The van der Waals surface area contributed by atoms with Crippen LogP contribution in [0.5, 0.6) is 0 Å². The molecule has 2 rings (SSSR count). The lowest BCUT2D eigenvalue weighted by Gasteiger charge is -2.22. The smallest absolute Gasteiger partial charge is 0.350 e. The topological polar surface area (TPSA) is 98.6 Å². The highest BCUT2D eigenvalue weighted by atomic mass is 32.1. The molecule has 1 aromatic heterocycles. The number of carbonyl (C=O) groups is 2. The molecule has 1 heterocycles. The molecule has 1 saturated carbocycles. The molecule has 0 unspecified atom stereocenters. The van der Waals surface area contributed by atoms with Crippen molar-refractivity contribution in [1.29, 1.82) is 0 Å². The second-order valence-corrected chi connectivity index (χ2v) is 6.09. The fourth-order valence-corrected chi connectivity index (χ4v) is 3.40. The molecule has 1 aliphatic rings. The average Bonchev–Trinajstić information content (AvgIpc) is 3.18. The summed E-state index contributed by atoms with van der Waals surface area (Å²) in [5.41, 5.74) is 11.8. The molecule has 0 spiro atoms. The highest BCUT2D eigenvalue weighted by molar-refractivity contribution is 7.19. The molecule has 0 bridgehead atoms. The third-order valence-electron chi connectivity index (χ3n) is 3.48. The van der Waals surface area contributed by atoms with Gasteiger partial charge in [0.05, 0.1) is 17.9 Å². The van der Waals surface area contributed by atoms with Crippen molar-refractivity contribution >= 4 is 33.9 Å². The number of ether oxygens (including phenoxy) is 1. The van der Waals surface area contributed by atoms with Gasteiger partial charge in [0.1, 0.15) is 9.88 Å². The van der Waals surface area contributed by atoms with Gasteiger partial charge in [-0.15, -0.1) is 11.3 Å². The molecule has 0 aliphatic heterocycles. The van der Waals surface area contributed by atoms with Crippen LogP contribution in [-0.4, -0.2) is 31.6 Å². The summed E-state index contributed by atoms with van der Waals surface area (Å²) in [6.45, 7) is 5.59. The van der Waals surface area contributed by atoms with Crippen LogP contribution in [0.2, 0.25) is 0 Å². The molecule has 6 nitrogen and oxygen atoms in total. The Morgan fingerprint density at radius 2 is 2.05 bits per heavy atom. The molecule has 0 saturated heterocycles. The quantitative estimate of drug-likeness (QED) is 0.749. The molecule has 1 aliphatic carbocycles. The van der Waals surface area contributed by atoms with E-state index in [2.05, 4.69) is 4.90 Å². The minimum Gasteiger partial charge on any atom is -0.462 e. The van der Waals surface area contributed by atoms with Crippen LogP contribution < -0.4 is 16.4 Å². The van der Waals surface area contributed by atoms with E-state index >= 15 is 0 Å². The Morgan fingerprint density at radius 3 is 2.52 bits per heavy atom. The van der Waals surface area contributed by atoms with Crippen molar-refractivity contribution in [3.63, 3.8) is 0 Å². The van der Waals surface area contributed by atoms with Gasteiger partial charge in [-0.1, -0.05) is 0 Å². The van der Waals surface area contributed by atoms with Gasteiger partial charge in [0.15, 0.2) is 0 Å². The summed E-state index contributed by atoms with van der Waals surface area (Å²) in [5, 5.41) is 0.678. The zero-order valence-corrected chi connectivity index (χ0v) is 13.2. The van der Waals surface area contributed by atoms with Gasteiger partial charge in [-0.3, -0.25) is 4.79 Å². The number of esters is 1. The fraction of sp³-hybridized carbons (Fsp3) is 0.571. The van der Waals surface area contributed by atoms with E-state index in [0.29, 0.717) is 10.9 Å². The maximum absolute atomic E-state index is 11.9. The molecule has 7 heteroatoms. The first-order valence-corrected chi connectivity index (χ1v) is 7.95. The molecule has 1 fully saturated rings. The van der Waals surface area contributed by atoms with E-state index in [4.69, 9.17) is 16.2 Å². The number of primary amides is 1. The third kappa shape index (κ3) is 3.29. The van der Waals surface area contributed by atoms with Crippen LogP contribution in [0.3, 0.4) is 0 Å². The van der Waals surface area contributed by atoms with Crippen LogP contribution in [0.15, 0.2) is 0 Å². The molecule has 1 aromatic rings. The Kier molecular flexibility index (Phi) is 4.72. The van der Waals surface area contributed by atoms with Gasteiger partial charge < -0.3 is 21.1 Å². The number of amides is 1. The zero-order valence-electron chi connectivity index (χ0n) is 12.3. The summed E-state index contributed by atoms with van der Waals surface area (Å²) in [6, 6.07) is 0. The van der Waals surface area contributed by atoms with Crippen molar-refractivity contribution in [3.05, 3.63) is 10.4 Å². The van der Waals surface area contributed by atoms with Crippen LogP contribution in [0.4, 0.5) is 10.7 Å². The predicted molar refractivity (Wildman–Crippen MR) is 83.8 cm³/mol. The Morgan fingerprint density at radius 1 is 1.38 bits per heavy atom. The lowest BCUT2D eigenvalue weighted by molar-refractivity contribution is 0.0533. The van der Waals surface area contributed by atoms with Crippen LogP contribution in [-0.2, 0) is 4.74 Å². The normalized spacial score (nSPS) is 14.0. The van der Waals surface area contributed by atoms with Gasteiger partial charge in [-0.2, -0.15) is 0 Å². The second-order valence-electron chi connectivity index (χ2n) is 5.09. The van der Waals surface area contributed by atoms with E-state index in [0.717, 1.165) is 13.1 Å². The molecule has 0 aromatic carbocycles. The SMILES string of the molecule is CCOC(=O)c1sc(N(CC)CC2CC2)c(C(N)=O)c1N. The summed E-state index contributed by atoms with van der Waals surface area (Å²) in [4.78, 5) is 26.0. The summed E-state index contributed by atoms with van der Waals surface area (Å²) in [6.07, 6.45) is 2.40. The van der Waals surface area contributed by atoms with Gasteiger partial charge in [-0.25, -0.2) is 4.79 Å². The first kappa shape index (κ1) is 15.6. The van der Waals surface area contributed by atoms with Gasteiger partial charge in [-0.05, 0) is 32.6 Å². The second kappa shape index (κ2) is 6.34. The Bertz CT molecular complexity index is 552. The summed E-state index contributed by atoms with van der Waals surface area (Å²) < 4.78 is 4.98. The maximum Gasteiger partial charge on any atom is 0.350 e. The van der Waals surface area contributed by atoms with Gasteiger partial charge in [0.25, 0.3) is 5.91 Å². The molecule has 116 valence electrons. The van der Waals surface area contributed by atoms with Crippen LogP contribution >= 0.6 is 11.3 Å². The number of nitrogen functional groups attached to an aromatic ring is 1. The first-order chi connectivity index (χ1) is 9.99. The number of hydrogen-bond acceptors (Lipinski definition) is 6. The van der Waals surface area contributed by atoms with Crippen molar-refractivity contribution in [2.45, 2.75) is 26.7 Å². The standard InChI is InChI=1S/C14H21N3O3S/c1-3-17(7-8-5-6-8)13-9(12(16)18)10(15)11(21-13)14(19)20-4-2/h8H,3-7,15H2,1-2H3,(H2,16,18). The number of anilines is 2. The minimum absolute atomic E-state index is 0.134. The van der Waals surface area contributed by atoms with E-state index in [1.165, 1.54) is 24.2 Å². The van der Waals surface area contributed by atoms with Crippen LogP contribution in [0, 0.1) is 5.92 Å². The maximum atomic E-state index is 11.9. The zero-order chi connectivity index (χ0) is 15.6. The molecule has 4 N–H and O–H groups in total. The van der Waals surface area contributed by atoms with E-state index in [9.17, 15) is 9.59 Å². The van der Waals surface area contributed by atoms with Crippen molar-refractivity contribution in [1.82, 2.24) is 0 Å². The van der Waals surface area contributed by atoms with Crippen molar-refractivity contribution in [2.75, 3.05) is 30.3 Å². The molecule has 21 heavy (non-hydrogen) atoms. The van der Waals surface area contributed by atoms with Crippen molar-refractivity contribution in [2.24, 2.45) is 11.7 Å². The molecule has 0 radical (unpaired) electrons. The highest BCUT2D eigenvalue weighted by Crippen LogP contribution is 2.40. The number of rotatable bonds is 7. The summed E-state index contributed by atoms with van der Waals surface area (Å²) >= 11 is 1.19. The number of hydrogen-bond donors (Lipinski definition) is 2. The number of nitrogens with two attached hydrogens (primary N) is 2. The lowest BCUT2D eigenvalue weighted by Crippen LogP contribution is -2.27. The molecule has 0 atom stereocenters. The number of nitrogens with zero attached hydrogens (tertiary/aromatic N) is 1. The summed E-state index contributed by atoms with van der Waals surface area (Å²) in [5.74, 6) is -0.459. The van der Waals surface area contributed by atoms with E-state index < -0.39 is 11.9 Å². The lowest BCUT2D eigenvalue weighted by atomic mass is 10.2. The van der Waals surface area contributed by atoms with E-state index in [1.54, 1.807) is 6.92 Å². The Labute approximate surface area is 128 Å². The number of thiophene rings is 1. The largest absolute Gasteiger partial charge is 0.462 e. The average molecular weight is 311 g/mol. The highest BCUT2D eigenvalue weighted by Gasteiger charge is 2.30.